The van der Waals surface area contributed by atoms with E-state index in [0.717, 1.165) is 17.0 Å². The van der Waals surface area contributed by atoms with Gasteiger partial charge in [0.05, 0.1) is 33.5 Å². The van der Waals surface area contributed by atoms with E-state index in [1.54, 1.807) is 20.8 Å². The summed E-state index contributed by atoms with van der Waals surface area (Å²) < 4.78 is 90.5. The van der Waals surface area contributed by atoms with Crippen LogP contribution < -0.4 is 4.90 Å². The summed E-state index contributed by atoms with van der Waals surface area (Å²) in [6, 6.07) is 6.69. The number of anilines is 1. The number of aromatic carboxylic acids is 1. The predicted octanol–water partition coefficient (Wildman–Crippen LogP) is 7.29. The van der Waals surface area contributed by atoms with E-state index in [9.17, 15) is 29.1 Å². The molecule has 48 heavy (non-hydrogen) atoms. The van der Waals surface area contributed by atoms with Gasteiger partial charge < -0.3 is 5.11 Å². The molecule has 0 aromatic heterocycles. The molecule has 4 amide bonds. The normalized spacial score (nSPS) is 15.8. The van der Waals surface area contributed by atoms with Gasteiger partial charge in [-0.2, -0.15) is 26.3 Å². The number of amides is 4. The first kappa shape index (κ1) is 34.3. The third-order valence-electron chi connectivity index (χ3n) is 8.45. The van der Waals surface area contributed by atoms with E-state index >= 15 is 26.3 Å². The number of nitrogens with zero attached hydrogens (tertiary/aromatic N) is 2. The van der Waals surface area contributed by atoms with Crippen molar-refractivity contribution >= 4 is 35.3 Å². The van der Waals surface area contributed by atoms with Gasteiger partial charge in [0.2, 0.25) is 5.41 Å². The van der Waals surface area contributed by atoms with E-state index in [0.29, 0.717) is 40.8 Å². The van der Waals surface area contributed by atoms with Crippen molar-refractivity contribution < 1.29 is 55.4 Å². The lowest BCUT2D eigenvalue weighted by atomic mass is 9.71. The monoisotopic (exact) mass is 674 g/mol. The quantitative estimate of drug-likeness (QED) is 0.230. The van der Waals surface area contributed by atoms with E-state index in [1.807, 2.05) is 0 Å². The molecule has 3 aromatic carbocycles. The number of imide groups is 2. The molecule has 2 aliphatic rings. The van der Waals surface area contributed by atoms with E-state index in [2.05, 4.69) is 0 Å². The summed E-state index contributed by atoms with van der Waals surface area (Å²) in [5, 5.41) is 9.63. The zero-order chi connectivity index (χ0) is 36.1. The number of hydrogen-bond acceptors (Lipinski definition) is 5. The Morgan fingerprint density at radius 2 is 1.02 bits per heavy atom. The van der Waals surface area contributed by atoms with Crippen LogP contribution in [0.1, 0.15) is 110 Å². The van der Waals surface area contributed by atoms with Gasteiger partial charge in [0, 0.05) is 5.54 Å². The molecule has 2 heterocycles. The molecule has 1 N–H and O–H groups in total. The number of carboxylic acids is 1. The number of rotatable bonds is 4. The SMILES string of the molecule is CC(C)(C)c1cc(C(=O)O)cc(N2C(=O)c3ccc(C(c4ccc5c(c4)C(=O)N(C(C)(C)C)C5=O)(C(F)(F)F)C(F)(F)F)cc3C2=O)c1. The molecule has 0 saturated heterocycles. The van der Waals surface area contributed by atoms with Gasteiger partial charge in [-0.25, -0.2) is 9.69 Å². The molecular formula is C34H28F6N2O6. The van der Waals surface area contributed by atoms with Crippen molar-refractivity contribution in [3.05, 3.63) is 99.1 Å². The van der Waals surface area contributed by atoms with Gasteiger partial charge in [0.15, 0.2) is 0 Å². The fraction of sp³-hybridized carbons (Fsp3) is 0.324. The second kappa shape index (κ2) is 10.5. The second-order valence-electron chi connectivity index (χ2n) is 13.7. The Kier molecular flexibility index (Phi) is 7.51. The Morgan fingerprint density at radius 1 is 0.583 bits per heavy atom. The van der Waals surface area contributed by atoms with Gasteiger partial charge in [-0.3, -0.25) is 24.1 Å². The van der Waals surface area contributed by atoms with Crippen molar-refractivity contribution in [3.8, 4) is 0 Å². The molecule has 0 unspecified atom stereocenters. The Labute approximate surface area is 269 Å². The van der Waals surface area contributed by atoms with Gasteiger partial charge >= 0.3 is 18.3 Å². The van der Waals surface area contributed by atoms with Crippen molar-refractivity contribution in [2.45, 2.75) is 70.3 Å². The maximum Gasteiger partial charge on any atom is 0.411 e. The zero-order valence-electron chi connectivity index (χ0n) is 26.3. The maximum absolute atomic E-state index is 15.1. The Morgan fingerprint density at radius 3 is 1.46 bits per heavy atom. The lowest BCUT2D eigenvalue weighted by molar-refractivity contribution is -0.288. The molecule has 0 atom stereocenters. The minimum Gasteiger partial charge on any atom is -0.478 e. The molecule has 14 heteroatoms. The summed E-state index contributed by atoms with van der Waals surface area (Å²) in [6.07, 6.45) is -12.2. The van der Waals surface area contributed by atoms with Crippen LogP contribution in [0.15, 0.2) is 54.6 Å². The molecule has 2 aliphatic heterocycles. The highest BCUT2D eigenvalue weighted by Gasteiger charge is 2.73. The van der Waals surface area contributed by atoms with E-state index < -0.39 is 86.1 Å². The largest absolute Gasteiger partial charge is 0.478 e. The summed E-state index contributed by atoms with van der Waals surface area (Å²) in [7, 11) is 0. The molecule has 0 bridgehead atoms. The molecule has 0 spiro atoms. The molecule has 252 valence electrons. The van der Waals surface area contributed by atoms with E-state index in [-0.39, 0.29) is 16.8 Å². The first-order valence-corrected chi connectivity index (χ1v) is 14.4. The Hall–Kier alpha value is -5.01. The van der Waals surface area contributed by atoms with E-state index in [4.69, 9.17) is 0 Å². The third kappa shape index (κ3) is 4.96. The maximum atomic E-state index is 15.1. The summed E-state index contributed by atoms with van der Waals surface area (Å²) in [4.78, 5) is 66.2. The second-order valence-corrected chi connectivity index (χ2v) is 13.7. The average molecular weight is 675 g/mol. The first-order valence-electron chi connectivity index (χ1n) is 14.4. The molecular weight excluding hydrogens is 646 g/mol. The van der Waals surface area contributed by atoms with Crippen LogP contribution in [0.4, 0.5) is 32.0 Å². The highest BCUT2D eigenvalue weighted by molar-refractivity contribution is 6.34. The molecule has 5 rings (SSSR count). The fourth-order valence-corrected chi connectivity index (χ4v) is 6.07. The van der Waals surface area contributed by atoms with Crippen molar-refractivity contribution in [1.82, 2.24) is 4.90 Å². The first-order chi connectivity index (χ1) is 21.8. The van der Waals surface area contributed by atoms with Gasteiger partial charge in [-0.15, -0.1) is 0 Å². The fourth-order valence-electron chi connectivity index (χ4n) is 6.07. The van der Waals surface area contributed by atoms with Gasteiger partial charge in [0.25, 0.3) is 23.6 Å². The lowest BCUT2D eigenvalue weighted by Gasteiger charge is -2.38. The number of carbonyl (C=O) groups is 5. The Bertz CT molecular complexity index is 1930. The summed E-state index contributed by atoms with van der Waals surface area (Å²) >= 11 is 0. The minimum absolute atomic E-state index is 0.240. The van der Waals surface area contributed by atoms with Crippen molar-refractivity contribution in [1.29, 1.82) is 0 Å². The summed E-state index contributed by atoms with van der Waals surface area (Å²) in [6.45, 7) is 9.59. The van der Waals surface area contributed by atoms with Crippen LogP contribution in [0, 0.1) is 0 Å². The van der Waals surface area contributed by atoms with Gasteiger partial charge in [0.1, 0.15) is 0 Å². The van der Waals surface area contributed by atoms with Gasteiger partial charge in [-0.05, 0) is 85.3 Å². The molecule has 0 saturated carbocycles. The average Bonchev–Trinajstić information content (AvgIpc) is 3.34. The van der Waals surface area contributed by atoms with Crippen molar-refractivity contribution in [2.75, 3.05) is 4.90 Å². The molecule has 0 fully saturated rings. The number of benzene rings is 3. The molecule has 8 nitrogen and oxygen atoms in total. The highest BCUT2D eigenvalue weighted by Crippen LogP contribution is 2.57. The molecule has 0 aliphatic carbocycles. The number of hydrogen-bond donors (Lipinski definition) is 1. The molecule has 3 aromatic rings. The smallest absolute Gasteiger partial charge is 0.411 e. The Balaban J connectivity index is 1.71. The van der Waals surface area contributed by atoms with Crippen molar-refractivity contribution in [3.63, 3.8) is 0 Å². The van der Waals surface area contributed by atoms with Crippen LogP contribution in [0.25, 0.3) is 0 Å². The predicted molar refractivity (Wildman–Crippen MR) is 159 cm³/mol. The van der Waals surface area contributed by atoms with Crippen LogP contribution >= 0.6 is 0 Å². The van der Waals surface area contributed by atoms with E-state index in [1.165, 1.54) is 32.9 Å². The van der Waals surface area contributed by atoms with Gasteiger partial charge in [-0.1, -0.05) is 32.9 Å². The summed E-state index contributed by atoms with van der Waals surface area (Å²) in [5.74, 6) is -5.72. The molecule has 0 radical (unpaired) electrons. The van der Waals surface area contributed by atoms with Crippen LogP contribution in [-0.4, -0.2) is 57.5 Å². The third-order valence-corrected chi connectivity index (χ3v) is 8.45. The van der Waals surface area contributed by atoms with Crippen molar-refractivity contribution in [2.24, 2.45) is 0 Å². The lowest BCUT2D eigenvalue weighted by Crippen LogP contribution is -2.55. The van der Waals surface area contributed by atoms with Crippen LogP contribution in [0.3, 0.4) is 0 Å². The van der Waals surface area contributed by atoms with Crippen LogP contribution in [0.2, 0.25) is 0 Å². The number of fused-ring (bicyclic) bond motifs is 2. The number of halogens is 6. The van der Waals surface area contributed by atoms with Crippen LogP contribution in [-0.2, 0) is 10.8 Å². The standard InChI is InChI=1S/C34H28F6N2O6/c1-30(2,3)19-11-16(29(47)48)12-20(13-19)41-25(43)21-9-7-17(14-23(21)26(41)44)32(33(35,36)37,34(38,39)40)18-8-10-22-24(15-18)28(46)42(27(22)45)31(4,5)6/h7-15H,1-6H3,(H,47,48). The number of alkyl halides is 6. The zero-order valence-corrected chi connectivity index (χ0v) is 26.3. The number of carbonyl (C=O) groups excluding carboxylic acids is 4. The number of carboxylic acid groups (broad SMARTS) is 1. The highest BCUT2D eigenvalue weighted by atomic mass is 19.4. The topological polar surface area (TPSA) is 112 Å². The summed E-state index contributed by atoms with van der Waals surface area (Å²) in [5.41, 5.74) is -12.0. The minimum atomic E-state index is -6.12. The van der Waals surface area contributed by atoms with Crippen LogP contribution in [0.5, 0.6) is 0 Å².